The van der Waals surface area contributed by atoms with E-state index >= 15 is 0 Å². The van der Waals surface area contributed by atoms with E-state index in [0.717, 1.165) is 43.4 Å². The van der Waals surface area contributed by atoms with Crippen molar-refractivity contribution in [3.05, 3.63) is 36.7 Å². The van der Waals surface area contributed by atoms with Crippen LogP contribution < -0.4 is 15.4 Å². The average molecular weight is 284 g/mol. The highest BCUT2D eigenvalue weighted by molar-refractivity contribution is 5.68. The van der Waals surface area contributed by atoms with Crippen molar-refractivity contribution in [2.45, 2.75) is 19.8 Å². The third-order valence-corrected chi connectivity index (χ3v) is 3.87. The van der Waals surface area contributed by atoms with Crippen LogP contribution >= 0.6 is 0 Å². The Hall–Kier alpha value is -2.30. The van der Waals surface area contributed by atoms with Crippen LogP contribution in [0.2, 0.25) is 0 Å². The van der Waals surface area contributed by atoms with Gasteiger partial charge in [0, 0.05) is 13.1 Å². The van der Waals surface area contributed by atoms with Crippen molar-refractivity contribution in [3.63, 3.8) is 0 Å². The minimum atomic E-state index is 0.421. The first-order valence-corrected chi connectivity index (χ1v) is 7.32. The third kappa shape index (κ3) is 3.07. The molecule has 1 aliphatic rings. The Balaban J connectivity index is 1.82. The summed E-state index contributed by atoms with van der Waals surface area (Å²) in [6.07, 6.45) is 3.85. The van der Waals surface area contributed by atoms with Gasteiger partial charge in [0.15, 0.2) is 5.82 Å². The summed E-state index contributed by atoms with van der Waals surface area (Å²) in [6.45, 7) is 4.24. The number of benzene rings is 1. The number of rotatable bonds is 3. The standard InChI is InChI=1S/C16H20N4O/c1-12-7-9-20(10-8-12)15-14(17)16(19-11-18-15)21-13-5-3-2-4-6-13/h2-6,11-12H,7-10,17H2,1H3. The Kier molecular flexibility index (Phi) is 3.90. The maximum absolute atomic E-state index is 6.20. The predicted octanol–water partition coefficient (Wildman–Crippen LogP) is 3.09. The van der Waals surface area contributed by atoms with E-state index in [2.05, 4.69) is 21.8 Å². The molecule has 3 rings (SSSR count). The highest BCUT2D eigenvalue weighted by Gasteiger charge is 2.21. The first-order chi connectivity index (χ1) is 10.2. The molecule has 0 amide bonds. The second-order valence-electron chi connectivity index (χ2n) is 5.50. The van der Waals surface area contributed by atoms with Gasteiger partial charge in [-0.25, -0.2) is 4.98 Å². The van der Waals surface area contributed by atoms with Gasteiger partial charge in [0.2, 0.25) is 5.88 Å². The predicted molar refractivity (Wildman–Crippen MR) is 83.6 cm³/mol. The van der Waals surface area contributed by atoms with Crippen LogP contribution in [0, 0.1) is 5.92 Å². The molecule has 2 heterocycles. The normalized spacial score (nSPS) is 16.0. The molecular weight excluding hydrogens is 264 g/mol. The Morgan fingerprint density at radius 3 is 2.57 bits per heavy atom. The highest BCUT2D eigenvalue weighted by Crippen LogP contribution is 2.33. The molecule has 0 saturated carbocycles. The number of anilines is 2. The maximum atomic E-state index is 6.20. The van der Waals surface area contributed by atoms with Crippen LogP contribution in [0.5, 0.6) is 11.6 Å². The lowest BCUT2D eigenvalue weighted by molar-refractivity contribution is 0.434. The number of nitrogens with two attached hydrogens (primary N) is 1. The fourth-order valence-electron chi connectivity index (χ4n) is 2.52. The molecule has 2 N–H and O–H groups in total. The molecule has 0 aliphatic carbocycles. The minimum absolute atomic E-state index is 0.421. The molecule has 2 aromatic rings. The number of ether oxygens (including phenoxy) is 1. The number of para-hydroxylation sites is 1. The van der Waals surface area contributed by atoms with E-state index in [0.29, 0.717) is 11.6 Å². The van der Waals surface area contributed by atoms with E-state index in [1.54, 1.807) is 0 Å². The topological polar surface area (TPSA) is 64.3 Å². The molecule has 1 aromatic heterocycles. The summed E-state index contributed by atoms with van der Waals surface area (Å²) in [4.78, 5) is 10.7. The largest absolute Gasteiger partial charge is 0.437 e. The summed E-state index contributed by atoms with van der Waals surface area (Å²) >= 11 is 0. The fraction of sp³-hybridized carbons (Fsp3) is 0.375. The van der Waals surface area contributed by atoms with E-state index in [1.807, 2.05) is 30.3 Å². The molecule has 0 spiro atoms. The second kappa shape index (κ2) is 5.99. The van der Waals surface area contributed by atoms with Gasteiger partial charge in [0.05, 0.1) is 0 Å². The summed E-state index contributed by atoms with van der Waals surface area (Å²) in [7, 11) is 0. The lowest BCUT2D eigenvalue weighted by Gasteiger charge is -2.31. The van der Waals surface area contributed by atoms with Gasteiger partial charge >= 0.3 is 0 Å². The smallest absolute Gasteiger partial charge is 0.248 e. The van der Waals surface area contributed by atoms with Crippen molar-refractivity contribution < 1.29 is 4.74 Å². The Labute approximate surface area is 124 Å². The molecule has 1 fully saturated rings. The number of aromatic nitrogens is 2. The van der Waals surface area contributed by atoms with Gasteiger partial charge in [-0.05, 0) is 30.9 Å². The summed E-state index contributed by atoms with van der Waals surface area (Å²) in [5.74, 6) is 2.69. The summed E-state index contributed by atoms with van der Waals surface area (Å²) < 4.78 is 5.76. The molecule has 1 saturated heterocycles. The summed E-state index contributed by atoms with van der Waals surface area (Å²) in [5, 5.41) is 0. The van der Waals surface area contributed by atoms with Gasteiger partial charge < -0.3 is 15.4 Å². The number of hydrogen-bond acceptors (Lipinski definition) is 5. The number of nitrogen functional groups attached to an aromatic ring is 1. The molecule has 110 valence electrons. The second-order valence-corrected chi connectivity index (χ2v) is 5.50. The molecular formula is C16H20N4O. The van der Waals surface area contributed by atoms with Gasteiger partial charge in [-0.3, -0.25) is 0 Å². The number of piperidine rings is 1. The molecule has 0 atom stereocenters. The molecule has 0 bridgehead atoms. The zero-order chi connectivity index (χ0) is 14.7. The van der Waals surface area contributed by atoms with E-state index < -0.39 is 0 Å². The lowest BCUT2D eigenvalue weighted by atomic mass is 9.99. The zero-order valence-electron chi connectivity index (χ0n) is 12.2. The van der Waals surface area contributed by atoms with Crippen LogP contribution in [0.15, 0.2) is 36.7 Å². The van der Waals surface area contributed by atoms with Crippen molar-refractivity contribution in [3.8, 4) is 11.6 Å². The van der Waals surface area contributed by atoms with Crippen LogP contribution in [0.3, 0.4) is 0 Å². The molecule has 1 aliphatic heterocycles. The minimum Gasteiger partial charge on any atom is -0.437 e. The van der Waals surface area contributed by atoms with Gasteiger partial charge in [0.25, 0.3) is 0 Å². The van der Waals surface area contributed by atoms with Crippen LogP contribution in [-0.4, -0.2) is 23.1 Å². The van der Waals surface area contributed by atoms with Crippen molar-refractivity contribution in [1.29, 1.82) is 0 Å². The SMILES string of the molecule is CC1CCN(c2ncnc(Oc3ccccc3)c2N)CC1. The van der Waals surface area contributed by atoms with Crippen molar-refractivity contribution in [2.75, 3.05) is 23.7 Å². The third-order valence-electron chi connectivity index (χ3n) is 3.87. The molecule has 0 radical (unpaired) electrons. The first-order valence-electron chi connectivity index (χ1n) is 7.32. The van der Waals surface area contributed by atoms with Crippen molar-refractivity contribution >= 4 is 11.5 Å². The molecule has 21 heavy (non-hydrogen) atoms. The van der Waals surface area contributed by atoms with Gasteiger partial charge in [-0.15, -0.1) is 0 Å². The highest BCUT2D eigenvalue weighted by atomic mass is 16.5. The Bertz CT molecular complexity index is 594. The van der Waals surface area contributed by atoms with E-state index in [4.69, 9.17) is 10.5 Å². The van der Waals surface area contributed by atoms with E-state index in [9.17, 15) is 0 Å². The average Bonchev–Trinajstić information content (AvgIpc) is 2.52. The monoisotopic (exact) mass is 284 g/mol. The summed E-state index contributed by atoms with van der Waals surface area (Å²) in [6, 6.07) is 9.53. The van der Waals surface area contributed by atoms with Gasteiger partial charge in [0.1, 0.15) is 17.8 Å². The van der Waals surface area contributed by atoms with Crippen LogP contribution in [-0.2, 0) is 0 Å². The first kappa shape index (κ1) is 13.7. The van der Waals surface area contributed by atoms with Crippen LogP contribution in [0.1, 0.15) is 19.8 Å². The lowest BCUT2D eigenvalue weighted by Crippen LogP contribution is -2.34. The van der Waals surface area contributed by atoms with Crippen LogP contribution in [0.25, 0.3) is 0 Å². The fourth-order valence-corrected chi connectivity index (χ4v) is 2.52. The number of nitrogens with zero attached hydrogens (tertiary/aromatic N) is 3. The van der Waals surface area contributed by atoms with Crippen LogP contribution in [0.4, 0.5) is 11.5 Å². The van der Waals surface area contributed by atoms with E-state index in [-0.39, 0.29) is 0 Å². The Morgan fingerprint density at radius 2 is 1.86 bits per heavy atom. The van der Waals surface area contributed by atoms with Crippen molar-refractivity contribution in [1.82, 2.24) is 9.97 Å². The maximum Gasteiger partial charge on any atom is 0.248 e. The molecule has 0 unspecified atom stereocenters. The van der Waals surface area contributed by atoms with Gasteiger partial charge in [-0.1, -0.05) is 25.1 Å². The molecule has 5 nitrogen and oxygen atoms in total. The number of hydrogen-bond donors (Lipinski definition) is 1. The zero-order valence-corrected chi connectivity index (χ0v) is 12.2. The molecule has 5 heteroatoms. The summed E-state index contributed by atoms with van der Waals surface area (Å²) in [5.41, 5.74) is 6.72. The van der Waals surface area contributed by atoms with Crippen molar-refractivity contribution in [2.24, 2.45) is 5.92 Å². The van der Waals surface area contributed by atoms with E-state index in [1.165, 1.54) is 6.33 Å². The Morgan fingerprint density at radius 1 is 1.14 bits per heavy atom. The van der Waals surface area contributed by atoms with Gasteiger partial charge in [-0.2, -0.15) is 4.98 Å². The quantitative estimate of drug-likeness (QED) is 0.938. The molecule has 1 aromatic carbocycles.